The molecule has 2 N–H and O–H groups in total. The van der Waals surface area contributed by atoms with Crippen molar-refractivity contribution in [2.75, 3.05) is 31.5 Å². The number of urea groups is 1. The Kier molecular flexibility index (Phi) is 7.85. The lowest BCUT2D eigenvalue weighted by molar-refractivity contribution is -0.134. The van der Waals surface area contributed by atoms with Crippen molar-refractivity contribution in [2.45, 2.75) is 32.9 Å². The number of benzene rings is 2. The second kappa shape index (κ2) is 10.8. The van der Waals surface area contributed by atoms with Crippen LogP contribution in [0.15, 0.2) is 60.7 Å². The number of hydrogen-bond donors (Lipinski definition) is 2. The lowest BCUT2D eigenvalue weighted by atomic mass is 10.0. The van der Waals surface area contributed by atoms with Crippen molar-refractivity contribution in [3.05, 3.63) is 66.2 Å². The van der Waals surface area contributed by atoms with Crippen LogP contribution < -0.4 is 10.6 Å². The van der Waals surface area contributed by atoms with Gasteiger partial charge in [0.25, 0.3) is 0 Å². The highest BCUT2D eigenvalue weighted by Gasteiger charge is 2.29. The minimum atomic E-state index is -0.547. The molecule has 1 aliphatic rings. The van der Waals surface area contributed by atoms with E-state index < -0.39 is 6.04 Å². The number of carbonyl (C=O) groups is 2. The quantitative estimate of drug-likeness (QED) is 0.768. The van der Waals surface area contributed by atoms with E-state index in [1.807, 2.05) is 55.1 Å². The van der Waals surface area contributed by atoms with Crippen molar-refractivity contribution in [2.24, 2.45) is 5.92 Å². The standard InChI is InChI=1S/C24H32N4O2/c1-19(2)22(26-24(30)25-21-12-7-4-8-13-21)23(29)28-15-9-14-27(16-17-28)18-20-10-5-3-6-11-20/h3-8,10-13,19,22H,9,14-18H2,1-2H3,(H2,25,26,30). The summed E-state index contributed by atoms with van der Waals surface area (Å²) >= 11 is 0. The van der Waals surface area contributed by atoms with E-state index in [-0.39, 0.29) is 17.9 Å². The summed E-state index contributed by atoms with van der Waals surface area (Å²) in [5, 5.41) is 5.68. The van der Waals surface area contributed by atoms with Crippen molar-refractivity contribution >= 4 is 17.6 Å². The number of amides is 3. The Morgan fingerprint density at radius 2 is 1.57 bits per heavy atom. The maximum absolute atomic E-state index is 13.2. The molecule has 0 saturated carbocycles. The smallest absolute Gasteiger partial charge is 0.319 e. The van der Waals surface area contributed by atoms with E-state index in [9.17, 15) is 9.59 Å². The van der Waals surface area contributed by atoms with Crippen LogP contribution in [0, 0.1) is 5.92 Å². The summed E-state index contributed by atoms with van der Waals surface area (Å²) in [5.74, 6) is -0.00234. The Balaban J connectivity index is 1.56. The molecule has 1 heterocycles. The van der Waals surface area contributed by atoms with E-state index in [1.54, 1.807) is 0 Å². The van der Waals surface area contributed by atoms with E-state index in [1.165, 1.54) is 5.56 Å². The predicted octanol–water partition coefficient (Wildman–Crippen LogP) is 3.57. The van der Waals surface area contributed by atoms with Crippen LogP contribution in [-0.2, 0) is 11.3 Å². The maximum atomic E-state index is 13.2. The summed E-state index contributed by atoms with van der Waals surface area (Å²) in [5.41, 5.74) is 1.99. The zero-order valence-corrected chi connectivity index (χ0v) is 17.9. The van der Waals surface area contributed by atoms with Crippen molar-refractivity contribution in [1.29, 1.82) is 0 Å². The number of nitrogens with zero attached hydrogens (tertiary/aromatic N) is 2. The van der Waals surface area contributed by atoms with Gasteiger partial charge in [-0.25, -0.2) is 4.79 Å². The number of para-hydroxylation sites is 1. The van der Waals surface area contributed by atoms with Gasteiger partial charge in [0.15, 0.2) is 0 Å². The topological polar surface area (TPSA) is 64.7 Å². The first kappa shape index (κ1) is 21.8. The van der Waals surface area contributed by atoms with Crippen LogP contribution >= 0.6 is 0 Å². The van der Waals surface area contributed by atoms with Crippen LogP contribution in [0.25, 0.3) is 0 Å². The van der Waals surface area contributed by atoms with Gasteiger partial charge in [0.2, 0.25) is 5.91 Å². The van der Waals surface area contributed by atoms with E-state index >= 15 is 0 Å². The summed E-state index contributed by atoms with van der Waals surface area (Å²) in [6, 6.07) is 18.8. The molecule has 6 heteroatoms. The van der Waals surface area contributed by atoms with Crippen LogP contribution in [0.2, 0.25) is 0 Å². The molecule has 1 aliphatic heterocycles. The molecular weight excluding hydrogens is 376 g/mol. The Hall–Kier alpha value is -2.86. The van der Waals surface area contributed by atoms with Crippen LogP contribution in [0.3, 0.4) is 0 Å². The predicted molar refractivity (Wildman–Crippen MR) is 120 cm³/mol. The van der Waals surface area contributed by atoms with Gasteiger partial charge >= 0.3 is 6.03 Å². The van der Waals surface area contributed by atoms with Crippen molar-refractivity contribution < 1.29 is 9.59 Å². The first-order valence-electron chi connectivity index (χ1n) is 10.7. The molecule has 1 saturated heterocycles. The molecule has 3 rings (SSSR count). The zero-order chi connectivity index (χ0) is 21.3. The molecule has 0 aromatic heterocycles. The van der Waals surface area contributed by atoms with Gasteiger partial charge in [-0.2, -0.15) is 0 Å². The molecule has 0 spiro atoms. The lowest BCUT2D eigenvalue weighted by Gasteiger charge is -2.29. The Morgan fingerprint density at radius 1 is 0.900 bits per heavy atom. The van der Waals surface area contributed by atoms with E-state index in [0.29, 0.717) is 12.2 Å². The highest BCUT2D eigenvalue weighted by Crippen LogP contribution is 2.13. The average Bonchev–Trinajstić information content (AvgIpc) is 2.98. The monoisotopic (exact) mass is 408 g/mol. The van der Waals surface area contributed by atoms with Crippen LogP contribution in [-0.4, -0.2) is 54.0 Å². The minimum absolute atomic E-state index is 0.00250. The zero-order valence-electron chi connectivity index (χ0n) is 17.9. The molecule has 3 amide bonds. The third-order valence-electron chi connectivity index (χ3n) is 5.40. The van der Waals surface area contributed by atoms with Gasteiger partial charge in [0.05, 0.1) is 0 Å². The van der Waals surface area contributed by atoms with Gasteiger partial charge in [0, 0.05) is 38.4 Å². The lowest BCUT2D eigenvalue weighted by Crippen LogP contribution is -2.52. The summed E-state index contributed by atoms with van der Waals surface area (Å²) in [4.78, 5) is 29.9. The molecule has 2 aromatic carbocycles. The summed E-state index contributed by atoms with van der Waals surface area (Å²) < 4.78 is 0. The normalized spacial score (nSPS) is 16.0. The van der Waals surface area contributed by atoms with Gasteiger partial charge in [-0.1, -0.05) is 62.4 Å². The molecule has 0 radical (unpaired) electrons. The average molecular weight is 409 g/mol. The molecule has 1 fully saturated rings. The molecular formula is C24H32N4O2. The fourth-order valence-corrected chi connectivity index (χ4v) is 3.73. The number of rotatable bonds is 6. The third kappa shape index (κ3) is 6.32. The van der Waals surface area contributed by atoms with Crippen LogP contribution in [0.4, 0.5) is 10.5 Å². The molecule has 2 aromatic rings. The second-order valence-electron chi connectivity index (χ2n) is 8.13. The highest BCUT2D eigenvalue weighted by molar-refractivity contribution is 5.93. The number of anilines is 1. The van der Waals surface area contributed by atoms with Crippen LogP contribution in [0.5, 0.6) is 0 Å². The van der Waals surface area contributed by atoms with Gasteiger partial charge in [-0.05, 0) is 30.0 Å². The largest absolute Gasteiger partial charge is 0.340 e. The van der Waals surface area contributed by atoms with Crippen molar-refractivity contribution in [3.8, 4) is 0 Å². The Morgan fingerprint density at radius 3 is 2.23 bits per heavy atom. The first-order valence-corrected chi connectivity index (χ1v) is 10.7. The van der Waals surface area contributed by atoms with Crippen molar-refractivity contribution in [3.63, 3.8) is 0 Å². The molecule has 6 nitrogen and oxygen atoms in total. The van der Waals surface area contributed by atoms with Gasteiger partial charge in [-0.3, -0.25) is 9.69 Å². The fourth-order valence-electron chi connectivity index (χ4n) is 3.73. The molecule has 1 unspecified atom stereocenters. The summed E-state index contributed by atoms with van der Waals surface area (Å²) in [6.45, 7) is 8.02. The SMILES string of the molecule is CC(C)C(NC(=O)Nc1ccccc1)C(=O)N1CCCN(Cc2ccccc2)CC1. The Bertz CT molecular complexity index is 810. The first-order chi connectivity index (χ1) is 14.5. The molecule has 1 atom stereocenters. The summed E-state index contributed by atoms with van der Waals surface area (Å²) in [6.07, 6.45) is 0.930. The molecule has 160 valence electrons. The van der Waals surface area contributed by atoms with Gasteiger partial charge in [0.1, 0.15) is 6.04 Å². The Labute approximate surface area is 179 Å². The second-order valence-corrected chi connectivity index (χ2v) is 8.13. The third-order valence-corrected chi connectivity index (χ3v) is 5.40. The van der Waals surface area contributed by atoms with Crippen molar-refractivity contribution in [1.82, 2.24) is 15.1 Å². The van der Waals surface area contributed by atoms with E-state index in [0.717, 1.165) is 32.6 Å². The number of nitrogens with one attached hydrogen (secondary N) is 2. The molecule has 0 aliphatic carbocycles. The molecule has 30 heavy (non-hydrogen) atoms. The maximum Gasteiger partial charge on any atom is 0.319 e. The number of carbonyl (C=O) groups excluding carboxylic acids is 2. The minimum Gasteiger partial charge on any atom is -0.340 e. The summed E-state index contributed by atoms with van der Waals surface area (Å²) in [7, 11) is 0. The van der Waals surface area contributed by atoms with Gasteiger partial charge in [-0.15, -0.1) is 0 Å². The number of hydrogen-bond acceptors (Lipinski definition) is 3. The van der Waals surface area contributed by atoms with Crippen LogP contribution in [0.1, 0.15) is 25.8 Å². The highest BCUT2D eigenvalue weighted by atomic mass is 16.2. The van der Waals surface area contributed by atoms with E-state index in [4.69, 9.17) is 0 Å². The van der Waals surface area contributed by atoms with E-state index in [2.05, 4.69) is 39.8 Å². The van der Waals surface area contributed by atoms with Gasteiger partial charge < -0.3 is 15.5 Å². The fraction of sp³-hybridized carbons (Fsp3) is 0.417. The molecule has 0 bridgehead atoms.